The monoisotopic (exact) mass is 340 g/mol. The average Bonchev–Trinajstić information content (AvgIpc) is 2.53. The Kier molecular flexibility index (Phi) is 5.55. The summed E-state index contributed by atoms with van der Waals surface area (Å²) in [6.07, 6.45) is 4.48. The van der Waals surface area contributed by atoms with E-state index in [-0.39, 0.29) is 12.5 Å². The minimum absolute atomic E-state index is 0.152. The van der Waals surface area contributed by atoms with Crippen molar-refractivity contribution in [2.24, 2.45) is 0 Å². The van der Waals surface area contributed by atoms with Crippen LogP contribution in [0, 0.1) is 11.3 Å². The van der Waals surface area contributed by atoms with Crippen molar-refractivity contribution in [1.82, 2.24) is 4.90 Å². The molecule has 0 spiro atoms. The van der Waals surface area contributed by atoms with Gasteiger partial charge in [0.05, 0.1) is 11.1 Å². The Balaban J connectivity index is 2.00. The maximum Gasteiger partial charge on any atom is 0.261 e. The molecule has 0 heterocycles. The molecule has 1 amide bonds. The van der Waals surface area contributed by atoms with Crippen LogP contribution in [-0.2, 0) is 4.79 Å². The highest BCUT2D eigenvalue weighted by Crippen LogP contribution is 2.33. The first-order valence-electron chi connectivity index (χ1n) is 7.24. The molecule has 2 rings (SSSR count). The molecule has 1 aliphatic rings. The Bertz CT molecular complexity index is 592. The molecule has 0 bridgehead atoms. The molecule has 6 heteroatoms. The van der Waals surface area contributed by atoms with E-state index in [2.05, 4.69) is 6.07 Å². The molecule has 118 valence electrons. The Morgan fingerprint density at radius 2 is 2.05 bits per heavy atom. The minimum Gasteiger partial charge on any atom is -0.482 e. The van der Waals surface area contributed by atoms with Crippen molar-refractivity contribution in [3.05, 3.63) is 28.2 Å². The standard InChI is InChI=1S/C16H18Cl2N2O2/c1-20(16(11-19)7-3-2-4-8-16)15(21)10-22-14-6-5-12(17)9-13(14)18/h5-6,9H,2-4,7-8,10H2,1H3. The molecular formula is C16H18Cl2N2O2. The van der Waals surface area contributed by atoms with Crippen LogP contribution in [0.4, 0.5) is 0 Å². The molecule has 1 aliphatic carbocycles. The number of likely N-dealkylation sites (N-methyl/N-ethyl adjacent to an activating group) is 1. The quantitative estimate of drug-likeness (QED) is 0.830. The van der Waals surface area contributed by atoms with E-state index in [0.29, 0.717) is 28.6 Å². The van der Waals surface area contributed by atoms with Crippen molar-refractivity contribution in [2.45, 2.75) is 37.6 Å². The highest BCUT2D eigenvalue weighted by atomic mass is 35.5. The Morgan fingerprint density at radius 3 is 2.64 bits per heavy atom. The van der Waals surface area contributed by atoms with Gasteiger partial charge in [-0.1, -0.05) is 42.5 Å². The van der Waals surface area contributed by atoms with Gasteiger partial charge in [0.15, 0.2) is 6.61 Å². The molecule has 0 radical (unpaired) electrons. The molecular weight excluding hydrogens is 323 g/mol. The topological polar surface area (TPSA) is 53.3 Å². The number of halogens is 2. The Morgan fingerprint density at radius 1 is 1.36 bits per heavy atom. The summed E-state index contributed by atoms with van der Waals surface area (Å²) in [5.74, 6) is 0.178. The fraction of sp³-hybridized carbons (Fsp3) is 0.500. The third-order valence-electron chi connectivity index (χ3n) is 4.15. The van der Waals surface area contributed by atoms with Crippen LogP contribution in [0.15, 0.2) is 18.2 Å². The predicted octanol–water partition coefficient (Wildman–Crippen LogP) is 4.06. The smallest absolute Gasteiger partial charge is 0.261 e. The first kappa shape index (κ1) is 16.9. The summed E-state index contributed by atoms with van der Waals surface area (Å²) in [5.41, 5.74) is -0.706. The van der Waals surface area contributed by atoms with E-state index in [9.17, 15) is 10.1 Å². The van der Waals surface area contributed by atoms with E-state index >= 15 is 0 Å². The molecule has 1 aromatic rings. The van der Waals surface area contributed by atoms with Gasteiger partial charge in [-0.3, -0.25) is 4.79 Å². The zero-order valence-corrected chi connectivity index (χ0v) is 14.0. The zero-order valence-electron chi connectivity index (χ0n) is 12.4. The normalized spacial score (nSPS) is 16.6. The predicted molar refractivity (Wildman–Crippen MR) is 86.2 cm³/mol. The Hall–Kier alpha value is -1.44. The summed E-state index contributed by atoms with van der Waals surface area (Å²) in [4.78, 5) is 13.9. The number of benzene rings is 1. The van der Waals surface area contributed by atoms with Gasteiger partial charge >= 0.3 is 0 Å². The molecule has 0 saturated heterocycles. The number of carbonyl (C=O) groups excluding carboxylic acids is 1. The fourth-order valence-corrected chi connectivity index (χ4v) is 3.19. The van der Waals surface area contributed by atoms with E-state index in [1.807, 2.05) is 0 Å². The van der Waals surface area contributed by atoms with E-state index in [4.69, 9.17) is 27.9 Å². The Labute approximate surface area is 140 Å². The zero-order chi connectivity index (χ0) is 16.2. The van der Waals surface area contributed by atoms with Gasteiger partial charge in [-0.15, -0.1) is 0 Å². The minimum atomic E-state index is -0.706. The second kappa shape index (κ2) is 7.21. The molecule has 1 fully saturated rings. The second-order valence-electron chi connectivity index (χ2n) is 5.52. The first-order chi connectivity index (χ1) is 10.5. The molecule has 0 aliphatic heterocycles. The number of nitrogens with zero attached hydrogens (tertiary/aromatic N) is 2. The van der Waals surface area contributed by atoms with Crippen molar-refractivity contribution in [2.75, 3.05) is 13.7 Å². The van der Waals surface area contributed by atoms with E-state index in [1.54, 1.807) is 25.2 Å². The largest absolute Gasteiger partial charge is 0.482 e. The summed E-state index contributed by atoms with van der Waals surface area (Å²) >= 11 is 11.8. The summed E-state index contributed by atoms with van der Waals surface area (Å²) in [6, 6.07) is 7.15. The van der Waals surface area contributed by atoms with Gasteiger partial charge < -0.3 is 9.64 Å². The molecule has 1 saturated carbocycles. The maximum absolute atomic E-state index is 12.3. The number of rotatable bonds is 4. The lowest BCUT2D eigenvalue weighted by atomic mass is 9.81. The highest BCUT2D eigenvalue weighted by Gasteiger charge is 2.38. The van der Waals surface area contributed by atoms with Crippen molar-refractivity contribution >= 4 is 29.1 Å². The third kappa shape index (κ3) is 3.66. The van der Waals surface area contributed by atoms with Crippen LogP contribution in [0.25, 0.3) is 0 Å². The van der Waals surface area contributed by atoms with Gasteiger partial charge in [0, 0.05) is 12.1 Å². The van der Waals surface area contributed by atoms with Gasteiger partial charge in [-0.25, -0.2) is 0 Å². The van der Waals surface area contributed by atoms with E-state index in [1.165, 1.54) is 4.90 Å². The number of hydrogen-bond acceptors (Lipinski definition) is 3. The van der Waals surface area contributed by atoms with Crippen LogP contribution in [-0.4, -0.2) is 30.0 Å². The number of nitriles is 1. The average molecular weight is 341 g/mol. The second-order valence-corrected chi connectivity index (χ2v) is 6.36. The first-order valence-corrected chi connectivity index (χ1v) is 8.00. The summed E-state index contributed by atoms with van der Waals surface area (Å²) in [7, 11) is 1.67. The lowest BCUT2D eigenvalue weighted by Gasteiger charge is -2.38. The van der Waals surface area contributed by atoms with E-state index < -0.39 is 5.54 Å². The van der Waals surface area contributed by atoms with Crippen molar-refractivity contribution < 1.29 is 9.53 Å². The highest BCUT2D eigenvalue weighted by molar-refractivity contribution is 6.35. The molecule has 0 unspecified atom stereocenters. The number of hydrogen-bond donors (Lipinski definition) is 0. The number of amides is 1. The van der Waals surface area contributed by atoms with Gasteiger partial charge in [-0.2, -0.15) is 5.26 Å². The van der Waals surface area contributed by atoms with Crippen molar-refractivity contribution in [3.8, 4) is 11.8 Å². The number of ether oxygens (including phenoxy) is 1. The number of carbonyl (C=O) groups is 1. The third-order valence-corrected chi connectivity index (χ3v) is 4.68. The van der Waals surface area contributed by atoms with Crippen LogP contribution in [0.5, 0.6) is 5.75 Å². The summed E-state index contributed by atoms with van der Waals surface area (Å²) in [6.45, 7) is -0.152. The van der Waals surface area contributed by atoms with Crippen LogP contribution in [0.2, 0.25) is 10.0 Å². The van der Waals surface area contributed by atoms with Gasteiger partial charge in [0.25, 0.3) is 5.91 Å². The molecule has 1 aromatic carbocycles. The molecule has 22 heavy (non-hydrogen) atoms. The van der Waals surface area contributed by atoms with Gasteiger partial charge in [0.2, 0.25) is 0 Å². The molecule has 4 nitrogen and oxygen atoms in total. The van der Waals surface area contributed by atoms with Crippen LogP contribution in [0.3, 0.4) is 0 Å². The summed E-state index contributed by atoms with van der Waals surface area (Å²) in [5, 5.41) is 10.4. The van der Waals surface area contributed by atoms with Gasteiger partial charge in [0.1, 0.15) is 11.3 Å². The fourth-order valence-electron chi connectivity index (χ4n) is 2.73. The lowest BCUT2D eigenvalue weighted by Crippen LogP contribution is -2.51. The van der Waals surface area contributed by atoms with Crippen molar-refractivity contribution in [1.29, 1.82) is 5.26 Å². The summed E-state index contributed by atoms with van der Waals surface area (Å²) < 4.78 is 5.46. The van der Waals surface area contributed by atoms with Crippen LogP contribution in [0.1, 0.15) is 32.1 Å². The van der Waals surface area contributed by atoms with Gasteiger partial charge in [-0.05, 0) is 31.0 Å². The lowest BCUT2D eigenvalue weighted by molar-refractivity contribution is -0.137. The maximum atomic E-state index is 12.3. The molecule has 0 atom stereocenters. The molecule has 0 N–H and O–H groups in total. The SMILES string of the molecule is CN(C(=O)COc1ccc(Cl)cc1Cl)C1(C#N)CCCCC1. The van der Waals surface area contributed by atoms with E-state index in [0.717, 1.165) is 19.3 Å². The van der Waals surface area contributed by atoms with Crippen LogP contribution >= 0.6 is 23.2 Å². The molecule has 0 aromatic heterocycles. The van der Waals surface area contributed by atoms with Crippen molar-refractivity contribution in [3.63, 3.8) is 0 Å². The van der Waals surface area contributed by atoms with Crippen LogP contribution < -0.4 is 4.74 Å².